The van der Waals surface area contributed by atoms with E-state index in [9.17, 15) is 69.2 Å². The highest BCUT2D eigenvalue weighted by atomic mass is 32.2. The number of ether oxygens (including phenoxy) is 1. The van der Waals surface area contributed by atoms with Gasteiger partial charge in [0, 0.05) is 155 Å². The van der Waals surface area contributed by atoms with Crippen LogP contribution in [-0.4, -0.2) is 243 Å². The van der Waals surface area contributed by atoms with Crippen LogP contribution in [0.5, 0.6) is 0 Å². The molecule has 124 heavy (non-hydrogen) atoms. The summed E-state index contributed by atoms with van der Waals surface area (Å²) in [6.45, 7) is 9.15. The zero-order chi connectivity index (χ0) is 87.7. The number of hydrogen-bond acceptors (Lipinski definition) is 26. The van der Waals surface area contributed by atoms with Crippen molar-refractivity contribution in [1.82, 2.24) is 108 Å². The van der Waals surface area contributed by atoms with Crippen LogP contribution in [0.2, 0.25) is 0 Å². The first kappa shape index (κ1) is 88.2. The van der Waals surface area contributed by atoms with E-state index in [1.54, 1.807) is 66.2 Å². The van der Waals surface area contributed by atoms with Gasteiger partial charge in [-0.1, -0.05) is 6.92 Å². The van der Waals surface area contributed by atoms with Crippen molar-refractivity contribution in [2.24, 2.45) is 23.0 Å². The summed E-state index contributed by atoms with van der Waals surface area (Å²) in [5, 5.41) is 22.8. The number of nitrogens with one attached hydrogen (secondary N) is 5. The number of imidazole rings is 4. The molecule has 33 nitrogen and oxygen atoms in total. The summed E-state index contributed by atoms with van der Waals surface area (Å²) >= 11 is 0. The van der Waals surface area contributed by atoms with E-state index >= 15 is 0 Å². The second-order valence-corrected chi connectivity index (χ2v) is 36.9. The summed E-state index contributed by atoms with van der Waals surface area (Å²) in [4.78, 5) is 43.2. The largest absolute Gasteiger partial charge is 0.378 e. The summed E-state index contributed by atoms with van der Waals surface area (Å²) in [7, 11) is -10.2. The Balaban J connectivity index is 0.000000129. The Kier molecular flexibility index (Phi) is 25.9. The number of aromatic nitrogens is 16. The van der Waals surface area contributed by atoms with Gasteiger partial charge >= 0.3 is 0 Å². The Bertz CT molecular complexity index is 6180. The minimum absolute atomic E-state index is 0.0137. The van der Waals surface area contributed by atoms with Crippen LogP contribution >= 0.6 is 0 Å². The molecule has 46 heteroatoms. The Labute approximate surface area is 704 Å². The topological polar surface area (TPSA) is 383 Å². The average Bonchev–Trinajstić information content (AvgIpc) is 0.811. The number of nitrogens with zero attached hydrogens (tertiary/aromatic N) is 20. The molecular formula is C78H88F10N26O7S3. The zero-order valence-electron chi connectivity index (χ0n) is 67.2. The van der Waals surface area contributed by atoms with Crippen molar-refractivity contribution in [3.05, 3.63) is 175 Å². The van der Waals surface area contributed by atoms with Gasteiger partial charge in [-0.05, 0) is 116 Å². The quantitative estimate of drug-likeness (QED) is 0.0328. The number of hydrogen-bond donors (Lipinski definition) is 6. The summed E-state index contributed by atoms with van der Waals surface area (Å²) in [6.07, 6.45) is 6.29. The zero-order valence-corrected chi connectivity index (χ0v) is 69.6. The van der Waals surface area contributed by atoms with Crippen LogP contribution in [0.25, 0.3) is 67.6 Å². The number of sulfonamides is 3. The first-order chi connectivity index (χ1) is 59.1. The Hall–Kier alpha value is -10.7. The predicted molar refractivity (Wildman–Crippen MR) is 439 cm³/mol. The molecule has 18 rings (SSSR count). The van der Waals surface area contributed by atoms with E-state index in [1.807, 2.05) is 24.3 Å². The number of pyridine rings is 4. The number of piperidine rings is 2. The van der Waals surface area contributed by atoms with Crippen LogP contribution in [0.3, 0.4) is 0 Å². The lowest BCUT2D eigenvalue weighted by Gasteiger charge is -2.56. The van der Waals surface area contributed by atoms with Crippen LogP contribution in [-0.2, 0) is 41.4 Å². The lowest BCUT2D eigenvalue weighted by Crippen LogP contribution is -2.71. The molecule has 0 aliphatic carbocycles. The lowest BCUT2D eigenvalue weighted by atomic mass is 9.74. The van der Waals surface area contributed by atoms with Crippen molar-refractivity contribution in [1.29, 1.82) is 0 Å². The van der Waals surface area contributed by atoms with Crippen molar-refractivity contribution in [3.8, 4) is 45.0 Å². The maximum Gasteiger partial charge on any atom is 0.282 e. The molecule has 18 heterocycles. The van der Waals surface area contributed by atoms with Gasteiger partial charge in [-0.25, -0.2) is 136 Å². The second kappa shape index (κ2) is 36.5. The molecule has 0 bridgehead atoms. The van der Waals surface area contributed by atoms with Gasteiger partial charge in [-0.2, -0.15) is 20.4 Å². The molecule has 6 aliphatic heterocycles. The molecule has 7 N–H and O–H groups in total. The third kappa shape index (κ3) is 20.3. The van der Waals surface area contributed by atoms with E-state index in [0.717, 1.165) is 99.0 Å². The molecule has 0 saturated carbocycles. The van der Waals surface area contributed by atoms with Gasteiger partial charge in [0.05, 0.1) is 103 Å². The van der Waals surface area contributed by atoms with Gasteiger partial charge in [0.1, 0.15) is 40.2 Å². The molecule has 6 fully saturated rings. The van der Waals surface area contributed by atoms with Crippen molar-refractivity contribution in [2.45, 2.75) is 88.5 Å². The minimum atomic E-state index is -3.63. The highest BCUT2D eigenvalue weighted by Crippen LogP contribution is 2.42. The molecule has 6 aliphatic rings. The third-order valence-corrected chi connectivity index (χ3v) is 24.4. The van der Waals surface area contributed by atoms with Crippen molar-refractivity contribution in [3.63, 3.8) is 0 Å². The second-order valence-electron chi connectivity index (χ2n) is 31.4. The number of nitrogens with two attached hydrogens (primary N) is 1. The highest BCUT2D eigenvalue weighted by molar-refractivity contribution is 7.89. The fourth-order valence-corrected chi connectivity index (χ4v) is 17.3. The number of piperazine rings is 1. The standard InChI is InChI=1S/C21H25F2N7O3S.C20H22F4N6O2S.C20H25F2N7O2S.C17H16F2N6/c1-34(31,32)26-9-15-11-28(6-7-29(15)16-12-33-13-16)20-8-14(4-5-24-20)18-10-25-19-3-2-17(21(22)23)27-30(18)19;1-12-10-29(11-14(20(12,23)24)8-27-33(2,31)32)18-7-13(5-6-25-18)16-9-26-17-4-3-15(19(21)22)28-30(16)17;1-32(30,31)25-10-13-3-2-4-15(26-13)17-8-12(7-14(9-23)27-17)18-11-24-19-6-5-16(20(21)22)28-29(18)19;18-16(19)12-1-2-14-22-6-13(25(14)23-12)11-3-4-21-15(5-11)24-9-17(10-24)7-20-8-17/h2-5,8,10,15-16,21,26H,6-7,9,11-13H2,1H3;3-7,9,12,14,19,27H,8,10-11H2,1-2H3;5-8,11,13,15,20,25-26H,2-4,9-10,23H2,1H3;1-6,16,20H,7-10H2. The van der Waals surface area contributed by atoms with Gasteiger partial charge in [0.15, 0.2) is 22.6 Å². The normalized spacial score (nSPS) is 20.0. The number of anilines is 3. The fraction of sp³-hybridized carbons (Fsp3) is 0.436. The van der Waals surface area contributed by atoms with Crippen LogP contribution in [0, 0.1) is 17.3 Å². The number of rotatable bonds is 23. The van der Waals surface area contributed by atoms with E-state index in [0.29, 0.717) is 113 Å². The van der Waals surface area contributed by atoms with Crippen LogP contribution < -0.4 is 45.2 Å². The first-order valence-corrected chi connectivity index (χ1v) is 45.2. The summed E-state index contributed by atoms with van der Waals surface area (Å²) < 4.78 is 222. The number of alkyl halides is 10. The van der Waals surface area contributed by atoms with Crippen LogP contribution in [0.1, 0.15) is 92.1 Å². The van der Waals surface area contributed by atoms with Gasteiger partial charge in [0.2, 0.25) is 30.1 Å². The molecule has 12 aromatic rings. The number of fused-ring (bicyclic) bond motifs is 4. The summed E-state index contributed by atoms with van der Waals surface area (Å²) in [5.41, 5.74) is 13.4. The Morgan fingerprint density at radius 1 is 0.508 bits per heavy atom. The van der Waals surface area contributed by atoms with Crippen molar-refractivity contribution in [2.75, 3.05) is 125 Å². The molecule has 1 spiro atoms. The van der Waals surface area contributed by atoms with E-state index < -0.39 is 85.8 Å². The van der Waals surface area contributed by atoms with Gasteiger partial charge in [-0.3, -0.25) is 9.88 Å². The van der Waals surface area contributed by atoms with Crippen molar-refractivity contribution < 1.29 is 73.9 Å². The molecular weight excluding hydrogens is 1700 g/mol. The van der Waals surface area contributed by atoms with E-state index in [4.69, 9.17) is 10.5 Å². The SMILES string of the molecule is CC1CN(c2cc(-c3cnc4ccc(C(F)F)nn34)ccn2)CC(CNS(C)(=O)=O)C1(F)F.CS(=O)(=O)NCC1CCCC(c2cc(-c3cnc4ccc(C(F)F)nn34)cc(CN)n2)N1.CS(=O)(=O)NCC1CN(c2cc(-c3cnc4ccc(C(F)F)nn34)ccn2)CCN1C1COC1.FC(F)c1ccc2ncc(-c3ccnc(N4CC5(CNC5)C4)c3)n2n1. The molecule has 660 valence electrons. The maximum absolute atomic E-state index is 14.7. The Morgan fingerprint density at radius 2 is 0.944 bits per heavy atom. The smallest absolute Gasteiger partial charge is 0.282 e. The van der Waals surface area contributed by atoms with Gasteiger partial charge in [0.25, 0.3) is 31.6 Å². The summed E-state index contributed by atoms with van der Waals surface area (Å²) in [5.74, 6) is -3.36. The third-order valence-electron chi connectivity index (χ3n) is 22.3. The molecule has 5 atom stereocenters. The van der Waals surface area contributed by atoms with Crippen LogP contribution in [0.4, 0.5) is 61.4 Å². The molecule has 12 aromatic heterocycles. The molecule has 0 radical (unpaired) electrons. The predicted octanol–water partition coefficient (Wildman–Crippen LogP) is 8.21. The van der Waals surface area contributed by atoms with E-state index in [2.05, 4.69) is 99.8 Å². The monoisotopic (exact) mass is 1790 g/mol. The summed E-state index contributed by atoms with van der Waals surface area (Å²) in [6, 6.07) is 25.6. The fourth-order valence-electron chi connectivity index (χ4n) is 15.7. The highest BCUT2D eigenvalue weighted by Gasteiger charge is 2.51. The molecule has 5 unspecified atom stereocenters. The molecule has 0 amide bonds. The maximum atomic E-state index is 14.7. The first-order valence-electron chi connectivity index (χ1n) is 39.5. The number of halogens is 10. The van der Waals surface area contributed by atoms with E-state index in [1.165, 1.54) is 79.8 Å². The Morgan fingerprint density at radius 3 is 1.36 bits per heavy atom. The molecule has 6 saturated heterocycles. The molecule has 0 aromatic carbocycles. The average molecular weight is 1790 g/mol. The van der Waals surface area contributed by atoms with Crippen molar-refractivity contribution >= 4 is 70.1 Å². The van der Waals surface area contributed by atoms with Crippen LogP contribution in [0.15, 0.2) is 140 Å². The van der Waals surface area contributed by atoms with E-state index in [-0.39, 0.29) is 60.9 Å². The lowest BCUT2D eigenvalue weighted by molar-refractivity contribution is -0.108. The van der Waals surface area contributed by atoms with Gasteiger partial charge < -0.3 is 35.8 Å². The minimum Gasteiger partial charge on any atom is -0.378 e. The van der Waals surface area contributed by atoms with Gasteiger partial charge in [-0.15, -0.1) is 0 Å².